The summed E-state index contributed by atoms with van der Waals surface area (Å²) in [6.45, 7) is 0.226. The first-order valence-electron chi connectivity index (χ1n) is 8.63. The second kappa shape index (κ2) is 7.88. The second-order valence-corrected chi connectivity index (χ2v) is 8.95. The number of aliphatic imine (C=N–C) groups is 1. The van der Waals surface area contributed by atoms with Gasteiger partial charge in [0.2, 0.25) is 16.0 Å². The first kappa shape index (κ1) is 20.3. The van der Waals surface area contributed by atoms with E-state index in [0.717, 1.165) is 9.21 Å². The van der Waals surface area contributed by atoms with E-state index < -0.39 is 33.7 Å². The molecule has 0 spiro atoms. The molecule has 2 aliphatic heterocycles. The minimum absolute atomic E-state index is 0.0758. The molecule has 0 bridgehead atoms. The molecule has 2 aliphatic rings. The Morgan fingerprint density at radius 2 is 2.07 bits per heavy atom. The first-order valence-corrected chi connectivity index (χ1v) is 10.6. The number of hydrogen-bond acceptors (Lipinski definition) is 6. The van der Waals surface area contributed by atoms with Gasteiger partial charge in [0.15, 0.2) is 6.04 Å². The molecule has 2 amide bonds. The van der Waals surface area contributed by atoms with E-state index in [1.54, 1.807) is 24.3 Å². The molecule has 1 fully saturated rings. The first-order chi connectivity index (χ1) is 13.2. The molecular weight excluding hydrogens is 408 g/mol. The second-order valence-electron chi connectivity index (χ2n) is 6.50. The van der Waals surface area contributed by atoms with Gasteiger partial charge >= 0.3 is 0 Å². The molecule has 2 heterocycles. The molecule has 28 heavy (non-hydrogen) atoms. The number of carbonyl (C=O) groups is 3. The molecule has 0 saturated carbocycles. The summed E-state index contributed by atoms with van der Waals surface area (Å²) in [7, 11) is -2.39. The van der Waals surface area contributed by atoms with Gasteiger partial charge in [0, 0.05) is 25.2 Å². The highest BCUT2D eigenvalue weighted by molar-refractivity contribution is 7.89. The van der Waals surface area contributed by atoms with Gasteiger partial charge in [-0.2, -0.15) is 0 Å². The van der Waals surface area contributed by atoms with Crippen molar-refractivity contribution in [2.45, 2.75) is 25.4 Å². The fraction of sp³-hybridized carbons (Fsp3) is 0.412. The molecule has 0 radical (unpaired) electrons. The zero-order chi connectivity index (χ0) is 20.5. The highest BCUT2D eigenvalue weighted by atomic mass is 35.5. The number of likely N-dealkylation sites (N-methyl/N-ethyl adjacent to an activating group) is 1. The zero-order valence-corrected chi connectivity index (χ0v) is 16.7. The number of carbonyl (C=O) groups excluding carboxylic acids is 3. The number of nitrogens with zero attached hydrogens (tertiary/aromatic N) is 3. The van der Waals surface area contributed by atoms with E-state index in [1.807, 2.05) is 0 Å². The van der Waals surface area contributed by atoms with Crippen LogP contribution in [-0.4, -0.2) is 66.6 Å². The molecule has 1 atom stereocenters. The van der Waals surface area contributed by atoms with Gasteiger partial charge in [0.1, 0.15) is 0 Å². The summed E-state index contributed by atoms with van der Waals surface area (Å²) in [5.41, 5.74) is 0.704. The normalized spacial score (nSPS) is 22.1. The van der Waals surface area contributed by atoms with Crippen molar-refractivity contribution in [1.29, 1.82) is 0 Å². The maximum Gasteiger partial charge on any atom is 0.299 e. The fourth-order valence-corrected chi connectivity index (χ4v) is 4.82. The Kier molecular flexibility index (Phi) is 5.71. The highest BCUT2D eigenvalue weighted by Gasteiger charge is 2.43. The van der Waals surface area contributed by atoms with E-state index in [2.05, 4.69) is 10.3 Å². The number of ketones is 1. The zero-order valence-electron chi connectivity index (χ0n) is 15.1. The summed E-state index contributed by atoms with van der Waals surface area (Å²) in [4.78, 5) is 42.0. The van der Waals surface area contributed by atoms with E-state index in [4.69, 9.17) is 11.6 Å². The molecule has 1 aromatic rings. The summed E-state index contributed by atoms with van der Waals surface area (Å²) < 4.78 is 25.7. The van der Waals surface area contributed by atoms with Crippen LogP contribution in [-0.2, 0) is 31.0 Å². The molecule has 1 unspecified atom stereocenters. The van der Waals surface area contributed by atoms with Crippen LogP contribution in [0, 0.1) is 0 Å². The summed E-state index contributed by atoms with van der Waals surface area (Å²) in [6, 6.07) is 5.16. The lowest BCUT2D eigenvalue weighted by Gasteiger charge is -2.35. The highest BCUT2D eigenvalue weighted by Crippen LogP contribution is 2.19. The van der Waals surface area contributed by atoms with E-state index in [-0.39, 0.29) is 24.8 Å². The van der Waals surface area contributed by atoms with Gasteiger partial charge in [0.05, 0.1) is 5.75 Å². The van der Waals surface area contributed by atoms with Gasteiger partial charge in [-0.25, -0.2) is 17.7 Å². The minimum Gasteiger partial charge on any atom is -0.350 e. The van der Waals surface area contributed by atoms with Crippen molar-refractivity contribution in [3.05, 3.63) is 34.9 Å². The van der Waals surface area contributed by atoms with Gasteiger partial charge < -0.3 is 5.32 Å². The van der Waals surface area contributed by atoms with Gasteiger partial charge in [-0.05, 0) is 30.5 Å². The number of guanidine groups is 1. The number of benzene rings is 1. The predicted octanol–water partition coefficient (Wildman–Crippen LogP) is 0.148. The lowest BCUT2D eigenvalue weighted by atomic mass is 10.1. The standard InChI is InChI=1S/C17H19ClN4O5S/c1-21-16(25)14(23)13(15(24)19-10-11-5-4-6-12(18)9-11)20-17(21)22-7-2-3-8-28(22,26)27/h4-6,9,13H,2-3,7-8,10H2,1H3,(H,19,24). The van der Waals surface area contributed by atoms with Gasteiger partial charge in [-0.3, -0.25) is 19.3 Å². The summed E-state index contributed by atoms with van der Waals surface area (Å²) >= 11 is 5.90. The van der Waals surface area contributed by atoms with Crippen LogP contribution >= 0.6 is 11.6 Å². The Labute approximate surface area is 167 Å². The van der Waals surface area contributed by atoms with Gasteiger partial charge in [0.25, 0.3) is 17.6 Å². The number of sulfonamides is 1. The SMILES string of the molecule is CN1C(=O)C(=O)C(C(=O)NCc2cccc(Cl)c2)N=C1N1CCCCS1(=O)=O. The molecule has 0 aromatic heterocycles. The fourth-order valence-electron chi connectivity index (χ4n) is 2.99. The number of hydrogen-bond donors (Lipinski definition) is 1. The molecule has 150 valence electrons. The molecule has 1 aromatic carbocycles. The maximum atomic E-state index is 12.5. The van der Waals surface area contributed by atoms with Crippen molar-refractivity contribution in [1.82, 2.24) is 14.5 Å². The average molecular weight is 427 g/mol. The lowest BCUT2D eigenvalue weighted by molar-refractivity contribution is -0.145. The van der Waals surface area contributed by atoms with Crippen LogP contribution in [0.4, 0.5) is 0 Å². The molecule has 9 nitrogen and oxygen atoms in total. The molecule has 0 aliphatic carbocycles. The van der Waals surface area contributed by atoms with Crippen LogP contribution in [0.15, 0.2) is 29.3 Å². The van der Waals surface area contributed by atoms with Crippen molar-refractivity contribution in [2.24, 2.45) is 4.99 Å². The number of halogens is 1. The minimum atomic E-state index is -3.66. The van der Waals surface area contributed by atoms with Gasteiger partial charge in [-0.1, -0.05) is 23.7 Å². The number of nitrogens with one attached hydrogen (secondary N) is 1. The van der Waals surface area contributed by atoms with Crippen molar-refractivity contribution in [3.8, 4) is 0 Å². The van der Waals surface area contributed by atoms with E-state index in [9.17, 15) is 22.8 Å². The number of amides is 2. The summed E-state index contributed by atoms with van der Waals surface area (Å²) in [5.74, 6) is -3.04. The third-order valence-corrected chi connectivity index (χ3v) is 6.54. The van der Waals surface area contributed by atoms with E-state index in [0.29, 0.717) is 23.4 Å². The van der Waals surface area contributed by atoms with Crippen LogP contribution < -0.4 is 5.32 Å². The molecule has 1 N–H and O–H groups in total. The van der Waals surface area contributed by atoms with Crippen LogP contribution in [0.25, 0.3) is 0 Å². The van der Waals surface area contributed by atoms with Crippen molar-refractivity contribution in [2.75, 3.05) is 19.3 Å². The number of rotatable bonds is 3. The van der Waals surface area contributed by atoms with Crippen LogP contribution in [0.5, 0.6) is 0 Å². The smallest absolute Gasteiger partial charge is 0.299 e. The van der Waals surface area contributed by atoms with E-state index in [1.165, 1.54) is 7.05 Å². The Balaban J connectivity index is 1.84. The van der Waals surface area contributed by atoms with Gasteiger partial charge in [-0.15, -0.1) is 0 Å². The topological polar surface area (TPSA) is 116 Å². The average Bonchev–Trinajstić information content (AvgIpc) is 2.65. The Bertz CT molecular complexity index is 962. The Hall–Kier alpha value is -2.46. The number of Topliss-reactive ketones (excluding diaryl/α,β-unsaturated/α-hetero) is 1. The summed E-state index contributed by atoms with van der Waals surface area (Å²) in [6.07, 6.45) is 1.10. The summed E-state index contributed by atoms with van der Waals surface area (Å²) in [5, 5.41) is 3.04. The predicted molar refractivity (Wildman–Crippen MR) is 102 cm³/mol. The van der Waals surface area contributed by atoms with Crippen molar-refractivity contribution < 1.29 is 22.8 Å². The van der Waals surface area contributed by atoms with E-state index >= 15 is 0 Å². The van der Waals surface area contributed by atoms with Crippen molar-refractivity contribution in [3.63, 3.8) is 0 Å². The van der Waals surface area contributed by atoms with Crippen LogP contribution in [0.1, 0.15) is 18.4 Å². The third kappa shape index (κ3) is 4.02. The molecule has 1 saturated heterocycles. The van der Waals surface area contributed by atoms with Crippen LogP contribution in [0.3, 0.4) is 0 Å². The molecular formula is C17H19ClN4O5S. The largest absolute Gasteiger partial charge is 0.350 e. The third-order valence-electron chi connectivity index (χ3n) is 4.48. The van der Waals surface area contributed by atoms with Crippen LogP contribution in [0.2, 0.25) is 5.02 Å². The molecule has 11 heteroatoms. The maximum absolute atomic E-state index is 12.5. The van der Waals surface area contributed by atoms with Crippen molar-refractivity contribution >= 4 is 45.2 Å². The lowest BCUT2D eigenvalue weighted by Crippen LogP contribution is -2.58. The molecule has 3 rings (SSSR count). The monoisotopic (exact) mass is 426 g/mol. The Morgan fingerprint density at radius 3 is 2.75 bits per heavy atom. The quantitative estimate of drug-likeness (QED) is 0.545. The Morgan fingerprint density at radius 1 is 1.32 bits per heavy atom.